The third-order valence-corrected chi connectivity index (χ3v) is 4.76. The Bertz CT molecular complexity index is 158. The van der Waals surface area contributed by atoms with Crippen molar-refractivity contribution in [2.24, 2.45) is 0 Å². The fourth-order valence-electron chi connectivity index (χ4n) is 0.118. The Morgan fingerprint density at radius 2 is 1.00 bits per heavy atom. The second kappa shape index (κ2) is 2.70. The molecule has 59 valence electrons. The zero-order chi connectivity index (χ0) is 8.28. The van der Waals surface area contributed by atoms with Crippen molar-refractivity contribution >= 4 is 28.7 Å². The summed E-state index contributed by atoms with van der Waals surface area (Å²) in [4.78, 5) is 40.8. The molecular weight excluding hydrogens is 199 g/mol. The van der Waals surface area contributed by atoms with Crippen LogP contribution in [0.15, 0.2) is 0 Å². The van der Waals surface area contributed by atoms with Gasteiger partial charge in [-0.05, 0) is 0 Å². The van der Waals surface area contributed by atoms with E-state index in [1.54, 1.807) is 7.93 Å². The molecule has 10 heavy (non-hydrogen) atoms. The Hall–Kier alpha value is -0.371. The van der Waals surface area contributed by atoms with Gasteiger partial charge in [0.25, 0.3) is 0 Å². The van der Waals surface area contributed by atoms with Crippen molar-refractivity contribution < 1.29 is 30.5 Å². The van der Waals surface area contributed by atoms with Crippen LogP contribution in [-0.4, -0.2) is 20.7 Å². The zero-order valence-electron chi connectivity index (χ0n) is 4.87. The van der Waals surface area contributed by atoms with Gasteiger partial charge in [-0.15, -0.1) is 0 Å². The van der Waals surface area contributed by atoms with E-state index in [0.717, 1.165) is 0 Å². The SMILES string of the molecule is O=[CH][Fe]([PH2])([CH]=O)([CH]=O)[CH]=O. The molecule has 0 rings (SSSR count). The van der Waals surface area contributed by atoms with Crippen LogP contribution >= 0.6 is 7.93 Å². The maximum atomic E-state index is 10.2. The van der Waals surface area contributed by atoms with E-state index in [4.69, 9.17) is 0 Å². The summed E-state index contributed by atoms with van der Waals surface area (Å²) in [5.41, 5.74) is 0. The van der Waals surface area contributed by atoms with E-state index in [2.05, 4.69) is 0 Å². The quantitative estimate of drug-likeness (QED) is 0.343. The van der Waals surface area contributed by atoms with Gasteiger partial charge in [-0.1, -0.05) is 0 Å². The molecule has 0 radical (unpaired) electrons. The van der Waals surface area contributed by atoms with E-state index in [1.807, 2.05) is 0 Å². The number of carbonyl (C=O) groups is 4. The number of hydrogen-bond donors (Lipinski definition) is 0. The van der Waals surface area contributed by atoms with Gasteiger partial charge < -0.3 is 0 Å². The molecule has 1 atom stereocenters. The van der Waals surface area contributed by atoms with Crippen LogP contribution in [0, 0.1) is 0 Å². The van der Waals surface area contributed by atoms with Gasteiger partial charge in [0.15, 0.2) is 0 Å². The van der Waals surface area contributed by atoms with Gasteiger partial charge in [-0.3, -0.25) is 0 Å². The summed E-state index contributed by atoms with van der Waals surface area (Å²) in [6, 6.07) is 0. The molecule has 0 aliphatic heterocycles. The second-order valence-electron chi connectivity index (χ2n) is 1.51. The number of hydrogen-bond acceptors (Lipinski definition) is 4. The number of rotatable bonds is 4. The average molecular weight is 205 g/mol. The fourth-order valence-corrected chi connectivity index (χ4v) is 0.486. The Labute approximate surface area is 59.7 Å². The van der Waals surface area contributed by atoms with Crippen molar-refractivity contribution in [2.45, 2.75) is 0 Å². The Balaban J connectivity index is 5.16. The van der Waals surface area contributed by atoms with Crippen molar-refractivity contribution in [3.05, 3.63) is 0 Å². The third kappa shape index (κ3) is 1.37. The molecule has 0 spiro atoms. The molecule has 6 heteroatoms. The molecule has 0 aliphatic carbocycles. The van der Waals surface area contributed by atoms with Crippen LogP contribution in [0.2, 0.25) is 0 Å². The average Bonchev–Trinajstić information content (AvgIpc) is 2.04. The Kier molecular flexibility index (Phi) is 2.60. The summed E-state index contributed by atoms with van der Waals surface area (Å²) in [5.74, 6) is 0. The van der Waals surface area contributed by atoms with Crippen LogP contribution in [0.25, 0.3) is 0 Å². The molecule has 0 saturated heterocycles. The van der Waals surface area contributed by atoms with E-state index < -0.39 is 11.3 Å². The molecule has 0 amide bonds. The van der Waals surface area contributed by atoms with Crippen LogP contribution < -0.4 is 0 Å². The zero-order valence-corrected chi connectivity index (χ0v) is 7.13. The normalized spacial score (nSPS) is 14.3. The molecule has 4 nitrogen and oxygen atoms in total. The molecule has 0 bridgehead atoms. The molecule has 0 aliphatic rings. The van der Waals surface area contributed by atoms with E-state index in [-0.39, 0.29) is 20.7 Å². The van der Waals surface area contributed by atoms with Gasteiger partial charge in [0, 0.05) is 0 Å². The first-order valence-corrected chi connectivity index (χ1v) is 6.83. The Morgan fingerprint density at radius 1 is 0.800 bits per heavy atom. The number of carbonyl (C=O) groups excluding carboxylic acids is 4. The van der Waals surface area contributed by atoms with Crippen molar-refractivity contribution in [1.82, 2.24) is 0 Å². The van der Waals surface area contributed by atoms with Crippen molar-refractivity contribution in [1.29, 1.82) is 0 Å². The minimum absolute atomic E-state index is 0.125. The van der Waals surface area contributed by atoms with Crippen molar-refractivity contribution in [2.75, 3.05) is 0 Å². The molecule has 0 saturated carbocycles. The fraction of sp³-hybridized carbons (Fsp3) is 0. The predicted molar refractivity (Wildman–Crippen MR) is 36.7 cm³/mol. The van der Waals surface area contributed by atoms with E-state index in [0.29, 0.717) is 0 Å². The van der Waals surface area contributed by atoms with Gasteiger partial charge in [0.1, 0.15) is 0 Å². The standard InChI is InChI=1S/4CHO.Fe.H2P/c4*1-2;;/h4*1H;;1H2/q;;;;+1;-1. The summed E-state index contributed by atoms with van der Waals surface area (Å²) >= 11 is -4.08. The van der Waals surface area contributed by atoms with Gasteiger partial charge >= 0.3 is 59.2 Å². The van der Waals surface area contributed by atoms with Crippen LogP contribution in [0.3, 0.4) is 0 Å². The van der Waals surface area contributed by atoms with Crippen molar-refractivity contribution in [3.63, 3.8) is 0 Å². The van der Waals surface area contributed by atoms with E-state index in [1.165, 1.54) is 0 Å². The van der Waals surface area contributed by atoms with Crippen molar-refractivity contribution in [3.8, 4) is 0 Å². The van der Waals surface area contributed by atoms with Crippen LogP contribution in [0.5, 0.6) is 0 Å². The molecule has 0 N–H and O–H groups in total. The summed E-state index contributed by atoms with van der Waals surface area (Å²) in [6.45, 7) is 0. The minimum atomic E-state index is -4.08. The Morgan fingerprint density at radius 3 is 1.00 bits per heavy atom. The first kappa shape index (κ1) is 9.63. The van der Waals surface area contributed by atoms with Gasteiger partial charge in [0.2, 0.25) is 0 Å². The molecular formula is C4H6FeO4P. The summed E-state index contributed by atoms with van der Waals surface area (Å²) in [6.07, 6.45) is 0. The molecule has 0 aromatic carbocycles. The molecule has 1 unspecified atom stereocenters. The molecule has 0 aromatic rings. The monoisotopic (exact) mass is 205 g/mol. The first-order chi connectivity index (χ1) is 4.54. The van der Waals surface area contributed by atoms with Gasteiger partial charge in [-0.25, -0.2) is 0 Å². The van der Waals surface area contributed by atoms with Crippen LogP contribution in [0.4, 0.5) is 0 Å². The van der Waals surface area contributed by atoms with Gasteiger partial charge in [-0.2, -0.15) is 0 Å². The molecule has 0 aromatic heterocycles. The topological polar surface area (TPSA) is 68.3 Å². The summed E-state index contributed by atoms with van der Waals surface area (Å²) < 4.78 is 0. The maximum absolute atomic E-state index is 10.2. The van der Waals surface area contributed by atoms with Gasteiger partial charge in [0.05, 0.1) is 0 Å². The van der Waals surface area contributed by atoms with E-state index in [9.17, 15) is 19.2 Å². The molecule has 0 heterocycles. The van der Waals surface area contributed by atoms with Crippen LogP contribution in [-0.2, 0) is 30.5 Å². The second-order valence-corrected chi connectivity index (χ2v) is 10.1. The third-order valence-electron chi connectivity index (χ3n) is 0.770. The van der Waals surface area contributed by atoms with E-state index >= 15 is 0 Å². The summed E-state index contributed by atoms with van der Waals surface area (Å²) in [5, 5.41) is 0.502. The summed E-state index contributed by atoms with van der Waals surface area (Å²) in [7, 11) is 1.75. The van der Waals surface area contributed by atoms with Crippen LogP contribution in [0.1, 0.15) is 0 Å². The first-order valence-electron chi connectivity index (χ1n) is 1.96. The predicted octanol–water partition coefficient (Wildman–Crippen LogP) is -0.773. The molecule has 0 fully saturated rings.